The molecule has 0 aromatic heterocycles. The zero-order valence-electron chi connectivity index (χ0n) is 50.9. The lowest BCUT2D eigenvalue weighted by molar-refractivity contribution is -0.632. The first-order valence-electron chi connectivity index (χ1n) is 28.6. The molecular formula is C64H28BF38N. The van der Waals surface area contributed by atoms with Crippen LogP contribution >= 0.6 is 0 Å². The molecule has 40 heteroatoms. The van der Waals surface area contributed by atoms with Gasteiger partial charge in [0.25, 0.3) is 0 Å². The molecule has 2 N–H and O–H groups in total. The summed E-state index contributed by atoms with van der Waals surface area (Å²) in [7, 11) is 2.17. The zero-order valence-corrected chi connectivity index (χ0v) is 50.9. The average Bonchev–Trinajstić information content (AvgIpc) is 0.661. The van der Waals surface area contributed by atoms with Crippen molar-refractivity contribution in [3.8, 4) is 11.1 Å². The third-order valence-electron chi connectivity index (χ3n) is 16.9. The fourth-order valence-electron chi connectivity index (χ4n) is 12.2. The molecule has 0 saturated heterocycles. The second-order valence-electron chi connectivity index (χ2n) is 22.6. The maximum Gasteiger partial charge on any atom is 0.200 e. The molecule has 0 saturated carbocycles. The van der Waals surface area contributed by atoms with Gasteiger partial charge in [0.1, 0.15) is 29.4 Å². The summed E-state index contributed by atoms with van der Waals surface area (Å²) in [4.78, 5) is 0. The summed E-state index contributed by atoms with van der Waals surface area (Å²) in [5, 5.41) is -24.7. The van der Waals surface area contributed by atoms with Crippen molar-refractivity contribution in [3.63, 3.8) is 0 Å². The molecule has 104 heavy (non-hydrogen) atoms. The van der Waals surface area contributed by atoms with Crippen LogP contribution in [0.4, 0.5) is 167 Å². The summed E-state index contributed by atoms with van der Waals surface area (Å²) >= 11 is 0. The van der Waals surface area contributed by atoms with Crippen molar-refractivity contribution in [2.24, 2.45) is 11.8 Å². The highest BCUT2D eigenvalue weighted by molar-refractivity contribution is 7.23. The van der Waals surface area contributed by atoms with Gasteiger partial charge in [0.05, 0.1) is 46.3 Å². The van der Waals surface area contributed by atoms with E-state index in [1.807, 2.05) is 0 Å². The van der Waals surface area contributed by atoms with E-state index in [0.29, 0.717) is 0 Å². The molecule has 2 atom stereocenters. The molecule has 0 spiro atoms. The Bertz CT molecular complexity index is 4660. The zero-order chi connectivity index (χ0) is 78.6. The van der Waals surface area contributed by atoms with E-state index in [1.165, 1.54) is 38.6 Å². The number of fused-ring (bicyclic) bond motifs is 4. The summed E-state index contributed by atoms with van der Waals surface area (Å²) in [6, 6.07) is 0. The Kier molecular flexibility index (Phi) is 22.6. The number of nitrogens with two attached hydrogens (primary N) is 1. The number of hydrogen-bond donors (Lipinski definition) is 1. The minimum atomic E-state index is -8.05. The smallest absolute Gasteiger partial charge is 0.200 e. The van der Waals surface area contributed by atoms with E-state index in [2.05, 4.69) is 33.1 Å². The third kappa shape index (κ3) is 11.9. The fourth-order valence-corrected chi connectivity index (χ4v) is 12.2. The van der Waals surface area contributed by atoms with Crippen molar-refractivity contribution >= 4 is 71.1 Å². The van der Waals surface area contributed by atoms with Gasteiger partial charge in [-0.05, 0) is 40.3 Å². The minimum Gasteiger partial charge on any atom is -0.348 e. The van der Waals surface area contributed by atoms with Crippen LogP contribution in [0.15, 0.2) is 0 Å². The first-order valence-corrected chi connectivity index (χ1v) is 28.6. The van der Waals surface area contributed by atoms with Gasteiger partial charge in [-0.2, -0.15) is 0 Å². The monoisotopic (exact) mass is 1540 g/mol. The van der Waals surface area contributed by atoms with Crippen LogP contribution < -0.4 is 27.2 Å². The molecule has 10 rings (SSSR count). The molecule has 2 unspecified atom stereocenters. The van der Waals surface area contributed by atoms with Crippen molar-refractivity contribution in [3.05, 3.63) is 221 Å². The normalized spacial score (nSPS) is 12.5. The molecule has 0 radical (unpaired) electrons. The van der Waals surface area contributed by atoms with Gasteiger partial charge in [-0.25, -0.2) is 167 Å². The summed E-state index contributed by atoms with van der Waals surface area (Å²) in [5.74, 6) is -129. The Morgan fingerprint density at radius 2 is 0.394 bits per heavy atom. The first kappa shape index (κ1) is 80.3. The van der Waals surface area contributed by atoms with Gasteiger partial charge >= 0.3 is 0 Å². The third-order valence-corrected chi connectivity index (χ3v) is 16.9. The number of quaternary nitrogens is 1. The van der Waals surface area contributed by atoms with E-state index in [4.69, 9.17) is 0 Å². The Hall–Kier alpha value is -9.40. The summed E-state index contributed by atoms with van der Waals surface area (Å²) in [6.07, 6.45) is -1.03. The molecule has 0 aliphatic heterocycles. The standard InChI is InChI=1S/C40BF28.C12F10.C12H27N/c42-13-1-5(21(50)37(66)33(13)62)17(46)29(58)25(54)9(1)41(10-2-6(18(47)30(59)26(10)55)22(51)38(67)34(63)14(2)43,11-3-7(19(48)31(60)27(11)56)23(52)39(68)35(64)15(3)44)12-4-8(20(49)32(61)28(12)57)24(53)40(69)36(65)16(4)45;13-3-1(4(14)8(18)11(21)7(3)17)2-5(15)9(19)12(22)10(20)6(2)16;1-5-7-12(6-2)9-8-11(3)10-13-4/h;;11-13H,5-10H2,1-4H3/q-1;;/p+1. The summed E-state index contributed by atoms with van der Waals surface area (Å²) in [5.41, 5.74) is -20.0. The number of rotatable bonds is 13. The van der Waals surface area contributed by atoms with E-state index >= 15 is 105 Å². The molecule has 0 aliphatic rings. The Morgan fingerprint density at radius 1 is 0.221 bits per heavy atom. The van der Waals surface area contributed by atoms with Crippen molar-refractivity contribution in [1.29, 1.82) is 0 Å². The van der Waals surface area contributed by atoms with Crippen LogP contribution in [-0.4, -0.2) is 19.7 Å². The molecule has 0 heterocycles. The van der Waals surface area contributed by atoms with Crippen molar-refractivity contribution in [2.75, 3.05) is 13.6 Å². The first-order chi connectivity index (χ1) is 48.3. The lowest BCUT2D eigenvalue weighted by atomic mass is 9.11. The molecule has 10 aromatic carbocycles. The SMILES string of the molecule is CCCC(CC)CCC(C)C[NH2+]C.Fc1c(F)c(F)c(-c2c(F)c(F)c(F)c(F)c2F)c(F)c1F.Fc1c(F)c(F)c2c([B-](c3c(F)c(F)c(F)c4c(F)c(F)c(F)c(F)c34)(c3c(F)c(F)c(F)c4c(F)c(F)c(F)c(F)c34)c3c(F)c(F)c(F)c4c(F)c(F)c(F)c(F)c34)c(F)c(F)c(F)c2c1F. The quantitative estimate of drug-likeness (QED) is 0.0513. The topological polar surface area (TPSA) is 16.6 Å². The predicted molar refractivity (Wildman–Crippen MR) is 290 cm³/mol. The minimum absolute atomic E-state index is 0.899. The second kappa shape index (κ2) is 29.3. The maximum atomic E-state index is 17.3. The Balaban J connectivity index is 0.000000319. The Morgan fingerprint density at radius 3 is 0.577 bits per heavy atom. The van der Waals surface area contributed by atoms with Crippen LogP contribution in [-0.2, 0) is 0 Å². The van der Waals surface area contributed by atoms with E-state index in [1.54, 1.807) is 0 Å². The van der Waals surface area contributed by atoms with E-state index in [0.717, 1.165) is 11.8 Å². The Labute approximate surface area is 552 Å². The molecule has 0 bridgehead atoms. The van der Waals surface area contributed by atoms with Crippen molar-refractivity contribution in [2.45, 2.75) is 52.9 Å². The molecule has 0 aliphatic carbocycles. The molecule has 10 aromatic rings. The molecule has 0 amide bonds. The van der Waals surface area contributed by atoms with Crippen LogP contribution in [0.5, 0.6) is 0 Å². The van der Waals surface area contributed by atoms with Gasteiger partial charge in [0, 0.05) is 5.92 Å². The summed E-state index contributed by atoms with van der Waals surface area (Å²) < 4.78 is 578. The van der Waals surface area contributed by atoms with Gasteiger partial charge in [-0.1, -0.05) is 40.0 Å². The number of hydrogen-bond acceptors (Lipinski definition) is 0. The largest absolute Gasteiger partial charge is 0.348 e. The highest BCUT2D eigenvalue weighted by Crippen LogP contribution is 2.44. The number of halogens is 38. The van der Waals surface area contributed by atoms with Gasteiger partial charge in [0.2, 0.25) is 11.6 Å². The van der Waals surface area contributed by atoms with E-state index in [-0.39, 0.29) is 0 Å². The van der Waals surface area contributed by atoms with Gasteiger partial charge in [0.15, 0.2) is 186 Å². The lowest BCUT2D eigenvalue weighted by Gasteiger charge is -2.47. The highest BCUT2D eigenvalue weighted by atomic mass is 19.2. The van der Waals surface area contributed by atoms with Crippen molar-refractivity contribution < 1.29 is 172 Å². The average molecular weight is 1540 g/mol. The van der Waals surface area contributed by atoms with Crippen LogP contribution in [0.25, 0.3) is 54.2 Å². The van der Waals surface area contributed by atoms with Gasteiger partial charge in [-0.3, -0.25) is 0 Å². The maximum absolute atomic E-state index is 17.3. The van der Waals surface area contributed by atoms with Gasteiger partial charge in [-0.15, -0.1) is 21.9 Å². The van der Waals surface area contributed by atoms with Crippen molar-refractivity contribution in [1.82, 2.24) is 0 Å². The molecule has 1 nitrogen and oxygen atoms in total. The van der Waals surface area contributed by atoms with E-state index < -0.39 is 303 Å². The van der Waals surface area contributed by atoms with Crippen LogP contribution in [0.2, 0.25) is 0 Å². The van der Waals surface area contributed by atoms with E-state index in [9.17, 15) is 61.5 Å². The number of benzene rings is 10. The van der Waals surface area contributed by atoms with Gasteiger partial charge < -0.3 is 5.32 Å². The summed E-state index contributed by atoms with van der Waals surface area (Å²) in [6.45, 7) is 8.30. The van der Waals surface area contributed by atoms with Crippen LogP contribution in [0.1, 0.15) is 52.9 Å². The van der Waals surface area contributed by atoms with Crippen LogP contribution in [0.3, 0.4) is 0 Å². The highest BCUT2D eigenvalue weighted by Gasteiger charge is 2.52. The molecular weight excluding hydrogens is 1520 g/mol. The fraction of sp³-hybridized carbons (Fsp3) is 0.188. The lowest BCUT2D eigenvalue weighted by Crippen LogP contribution is -2.81. The predicted octanol–water partition coefficient (Wildman–Crippen LogP) is 18.7. The second-order valence-corrected chi connectivity index (χ2v) is 22.6. The molecule has 558 valence electrons. The molecule has 0 fully saturated rings. The van der Waals surface area contributed by atoms with Crippen LogP contribution in [0, 0.1) is 233 Å².